The van der Waals surface area contributed by atoms with Crippen LogP contribution >= 0.6 is 11.8 Å². The Bertz CT molecular complexity index is 1370. The Hall–Kier alpha value is -3.30. The first-order valence-electron chi connectivity index (χ1n) is 11.3. The van der Waals surface area contributed by atoms with Crippen molar-refractivity contribution in [1.29, 1.82) is 0 Å². The molecule has 34 heavy (non-hydrogen) atoms. The predicted octanol–water partition coefficient (Wildman–Crippen LogP) is 4.45. The van der Waals surface area contributed by atoms with Crippen LogP contribution in [0.25, 0.3) is 22.1 Å². The van der Waals surface area contributed by atoms with Gasteiger partial charge < -0.3 is 19.2 Å². The number of aromatic nitrogens is 2. The Labute approximate surface area is 200 Å². The number of carbonyl (C=O) groups is 1. The molecule has 1 fully saturated rings. The van der Waals surface area contributed by atoms with Crippen LogP contribution in [-0.2, 0) is 16.1 Å². The summed E-state index contributed by atoms with van der Waals surface area (Å²) >= 11 is 1.23. The predicted molar refractivity (Wildman–Crippen MR) is 132 cm³/mol. The van der Waals surface area contributed by atoms with Crippen molar-refractivity contribution in [3.05, 3.63) is 58.9 Å². The van der Waals surface area contributed by atoms with Gasteiger partial charge in [-0.2, -0.15) is 0 Å². The van der Waals surface area contributed by atoms with E-state index in [4.69, 9.17) is 18.9 Å². The standard InChI is InChI=1S/C25H25N3O5S/c1-2-31-17-11-9-16(10-12-17)26-21(29)15-34-25-27-22-19-7-3-4-8-20(19)33-23(22)24(30)28(25)14-18-6-5-13-32-18/h3-4,7-12,18H,2,5-6,13-15H2,1H3,(H,26,29)/t18-/m1/s1. The molecule has 0 spiro atoms. The van der Waals surface area contributed by atoms with Crippen LogP contribution in [0.3, 0.4) is 0 Å². The van der Waals surface area contributed by atoms with E-state index in [1.807, 2.05) is 43.3 Å². The van der Waals surface area contributed by atoms with E-state index in [2.05, 4.69) is 5.32 Å². The summed E-state index contributed by atoms with van der Waals surface area (Å²) in [6.45, 7) is 3.57. The minimum atomic E-state index is -0.258. The minimum Gasteiger partial charge on any atom is -0.494 e. The fraction of sp³-hybridized carbons (Fsp3) is 0.320. The molecule has 0 bridgehead atoms. The smallest absolute Gasteiger partial charge is 0.297 e. The summed E-state index contributed by atoms with van der Waals surface area (Å²) in [5, 5.41) is 4.13. The van der Waals surface area contributed by atoms with Crippen LogP contribution in [0.2, 0.25) is 0 Å². The van der Waals surface area contributed by atoms with E-state index < -0.39 is 0 Å². The van der Waals surface area contributed by atoms with E-state index in [0.717, 1.165) is 24.0 Å². The van der Waals surface area contributed by atoms with Crippen molar-refractivity contribution in [3.63, 3.8) is 0 Å². The first-order chi connectivity index (χ1) is 16.6. The molecule has 5 rings (SSSR count). The molecule has 2 aromatic heterocycles. The number of fused-ring (bicyclic) bond motifs is 3. The van der Waals surface area contributed by atoms with E-state index in [0.29, 0.717) is 41.7 Å². The average Bonchev–Trinajstić information content (AvgIpc) is 3.49. The number of thioether (sulfide) groups is 1. The Kier molecular flexibility index (Phi) is 6.55. The van der Waals surface area contributed by atoms with Gasteiger partial charge in [-0.05, 0) is 56.2 Å². The van der Waals surface area contributed by atoms with Crippen molar-refractivity contribution < 1.29 is 18.7 Å². The zero-order chi connectivity index (χ0) is 23.5. The largest absolute Gasteiger partial charge is 0.494 e. The van der Waals surface area contributed by atoms with Crippen LogP contribution in [-0.4, -0.2) is 40.5 Å². The molecule has 0 radical (unpaired) electrons. The second kappa shape index (κ2) is 9.90. The van der Waals surface area contributed by atoms with Gasteiger partial charge in [-0.3, -0.25) is 14.2 Å². The van der Waals surface area contributed by atoms with Crippen LogP contribution < -0.4 is 15.6 Å². The van der Waals surface area contributed by atoms with Crippen molar-refractivity contribution in [2.24, 2.45) is 0 Å². The van der Waals surface area contributed by atoms with Crippen LogP contribution in [0.1, 0.15) is 19.8 Å². The van der Waals surface area contributed by atoms with E-state index in [9.17, 15) is 9.59 Å². The molecule has 0 saturated carbocycles. The van der Waals surface area contributed by atoms with E-state index in [1.54, 1.807) is 16.7 Å². The number of nitrogens with zero attached hydrogens (tertiary/aromatic N) is 2. The Morgan fingerprint density at radius 3 is 2.82 bits per heavy atom. The highest BCUT2D eigenvalue weighted by Gasteiger charge is 2.23. The van der Waals surface area contributed by atoms with Crippen molar-refractivity contribution in [2.45, 2.75) is 37.6 Å². The molecule has 2 aromatic carbocycles. The van der Waals surface area contributed by atoms with Gasteiger partial charge in [0.2, 0.25) is 11.5 Å². The number of anilines is 1. The van der Waals surface area contributed by atoms with Gasteiger partial charge in [0.25, 0.3) is 5.56 Å². The molecule has 0 unspecified atom stereocenters. The summed E-state index contributed by atoms with van der Waals surface area (Å²) in [5.41, 5.74) is 1.77. The maximum Gasteiger partial charge on any atom is 0.297 e. The highest BCUT2D eigenvalue weighted by Crippen LogP contribution is 2.28. The highest BCUT2D eigenvalue weighted by molar-refractivity contribution is 7.99. The number of carbonyl (C=O) groups excluding carboxylic acids is 1. The van der Waals surface area contributed by atoms with E-state index in [1.165, 1.54) is 11.8 Å². The lowest BCUT2D eigenvalue weighted by Gasteiger charge is -2.15. The Morgan fingerprint density at radius 1 is 1.24 bits per heavy atom. The average molecular weight is 480 g/mol. The lowest BCUT2D eigenvalue weighted by atomic mass is 10.2. The Morgan fingerprint density at radius 2 is 2.06 bits per heavy atom. The lowest BCUT2D eigenvalue weighted by molar-refractivity contribution is -0.113. The fourth-order valence-corrected chi connectivity index (χ4v) is 4.85. The molecule has 1 aliphatic heterocycles. The molecule has 8 nitrogen and oxygen atoms in total. The normalized spacial score (nSPS) is 15.7. The number of rotatable bonds is 8. The number of amides is 1. The maximum absolute atomic E-state index is 13.4. The molecular weight excluding hydrogens is 454 g/mol. The molecule has 1 amide bonds. The van der Waals surface area contributed by atoms with Gasteiger partial charge in [-0.25, -0.2) is 4.98 Å². The van der Waals surface area contributed by atoms with Gasteiger partial charge in [0.15, 0.2) is 5.16 Å². The molecule has 0 aliphatic carbocycles. The topological polar surface area (TPSA) is 95.6 Å². The number of benzene rings is 2. The summed E-state index contributed by atoms with van der Waals surface area (Å²) in [6, 6.07) is 14.6. The van der Waals surface area contributed by atoms with Crippen LogP contribution in [0.15, 0.2) is 62.9 Å². The highest BCUT2D eigenvalue weighted by atomic mass is 32.2. The lowest BCUT2D eigenvalue weighted by Crippen LogP contribution is -2.29. The third kappa shape index (κ3) is 4.67. The molecule has 9 heteroatoms. The molecule has 3 heterocycles. The third-order valence-corrected chi connectivity index (χ3v) is 6.62. The maximum atomic E-state index is 13.4. The number of ether oxygens (including phenoxy) is 2. The number of para-hydroxylation sites is 1. The molecular formula is C25H25N3O5S. The molecule has 176 valence electrons. The fourth-order valence-electron chi connectivity index (χ4n) is 4.04. The minimum absolute atomic E-state index is 0.0571. The number of hydrogen-bond acceptors (Lipinski definition) is 7. The van der Waals surface area contributed by atoms with Gasteiger partial charge >= 0.3 is 0 Å². The molecule has 1 N–H and O–H groups in total. The summed E-state index contributed by atoms with van der Waals surface area (Å²) in [6.07, 6.45) is 1.79. The zero-order valence-electron chi connectivity index (χ0n) is 18.8. The van der Waals surface area contributed by atoms with Crippen LogP contribution in [0.4, 0.5) is 5.69 Å². The quantitative estimate of drug-likeness (QED) is 0.295. The number of hydrogen-bond donors (Lipinski definition) is 1. The van der Waals surface area contributed by atoms with Gasteiger partial charge in [0.05, 0.1) is 25.0 Å². The summed E-state index contributed by atoms with van der Waals surface area (Å²) in [5.74, 6) is 0.661. The van der Waals surface area contributed by atoms with Crippen molar-refractivity contribution in [1.82, 2.24) is 9.55 Å². The first-order valence-corrected chi connectivity index (χ1v) is 12.3. The van der Waals surface area contributed by atoms with Gasteiger partial charge in [0.1, 0.15) is 16.8 Å². The summed E-state index contributed by atoms with van der Waals surface area (Å²) in [4.78, 5) is 30.8. The number of furan rings is 1. The second-order valence-electron chi connectivity index (χ2n) is 8.02. The first kappa shape index (κ1) is 22.5. The molecule has 1 atom stereocenters. The van der Waals surface area contributed by atoms with E-state index >= 15 is 0 Å². The summed E-state index contributed by atoms with van der Waals surface area (Å²) < 4.78 is 18.6. The molecule has 1 saturated heterocycles. The monoisotopic (exact) mass is 479 g/mol. The van der Waals surface area contributed by atoms with Gasteiger partial charge in [-0.15, -0.1) is 0 Å². The SMILES string of the molecule is CCOc1ccc(NC(=O)CSc2nc3c(oc4ccccc43)c(=O)n2C[C@H]2CCCO2)cc1. The van der Waals surface area contributed by atoms with Crippen molar-refractivity contribution in [3.8, 4) is 5.75 Å². The zero-order valence-corrected chi connectivity index (χ0v) is 19.6. The van der Waals surface area contributed by atoms with Crippen molar-refractivity contribution >= 4 is 45.4 Å². The molecule has 1 aliphatic rings. The van der Waals surface area contributed by atoms with Gasteiger partial charge in [0, 0.05) is 17.7 Å². The van der Waals surface area contributed by atoms with E-state index in [-0.39, 0.29) is 28.9 Å². The second-order valence-corrected chi connectivity index (χ2v) is 8.96. The third-order valence-electron chi connectivity index (χ3n) is 5.64. The molecule has 4 aromatic rings. The Balaban J connectivity index is 1.40. The number of nitrogens with one attached hydrogen (secondary N) is 1. The van der Waals surface area contributed by atoms with Gasteiger partial charge in [-0.1, -0.05) is 23.9 Å². The van der Waals surface area contributed by atoms with Crippen LogP contribution in [0, 0.1) is 0 Å². The summed E-state index contributed by atoms with van der Waals surface area (Å²) in [7, 11) is 0. The van der Waals surface area contributed by atoms with Crippen molar-refractivity contribution in [2.75, 3.05) is 24.3 Å². The van der Waals surface area contributed by atoms with Crippen LogP contribution in [0.5, 0.6) is 5.75 Å².